The first kappa shape index (κ1) is 16.9. The zero-order chi connectivity index (χ0) is 15.0. The van der Waals surface area contributed by atoms with Gasteiger partial charge in [0.15, 0.2) is 0 Å². The first-order chi connectivity index (χ1) is 9.52. The molecule has 0 spiro atoms. The van der Waals surface area contributed by atoms with E-state index in [1.54, 1.807) is 11.8 Å². The molecule has 0 heterocycles. The normalized spacial score (nSPS) is 11.9. The van der Waals surface area contributed by atoms with Crippen molar-refractivity contribution < 1.29 is 14.7 Å². The van der Waals surface area contributed by atoms with Gasteiger partial charge in [0.1, 0.15) is 0 Å². The maximum atomic E-state index is 11.9. The molecular weight excluding hydrogens is 294 g/mol. The molecule has 4 nitrogen and oxygen atoms in total. The number of hydrogen-bond donors (Lipinski definition) is 2. The summed E-state index contributed by atoms with van der Waals surface area (Å²) in [6.07, 6.45) is 1.98. The van der Waals surface area contributed by atoms with Crippen molar-refractivity contribution in [3.8, 4) is 0 Å². The minimum Gasteiger partial charge on any atom is -0.481 e. The Balaban J connectivity index is 2.54. The molecule has 1 aromatic carbocycles. The molecule has 6 heteroatoms. The molecule has 0 saturated carbocycles. The van der Waals surface area contributed by atoms with Crippen LogP contribution in [-0.2, 0) is 15.3 Å². The lowest BCUT2D eigenvalue weighted by molar-refractivity contribution is -0.133. The van der Waals surface area contributed by atoms with Crippen molar-refractivity contribution in [2.45, 2.75) is 12.7 Å². The monoisotopic (exact) mass is 313 g/mol. The number of nitrogens with one attached hydrogen (secondary N) is 1. The van der Waals surface area contributed by atoms with Crippen molar-refractivity contribution in [2.75, 3.05) is 23.1 Å². The Morgan fingerprint density at radius 2 is 2.15 bits per heavy atom. The van der Waals surface area contributed by atoms with Gasteiger partial charge in [-0.2, -0.15) is 11.8 Å². The standard InChI is InChI=1S/C14H19NO3S2/c1-10(7-19-2)14(18)15-12-5-3-4-11(6-12)8-20-9-13(16)17/h3-6,10H,7-9H2,1-2H3,(H,15,18)(H,16,17). The fraction of sp³-hybridized carbons (Fsp3) is 0.429. The minimum absolute atomic E-state index is 0.00897. The summed E-state index contributed by atoms with van der Waals surface area (Å²) >= 11 is 2.99. The Bertz CT molecular complexity index is 465. The molecule has 2 N–H and O–H groups in total. The molecule has 0 saturated heterocycles. The summed E-state index contributed by atoms with van der Waals surface area (Å²) < 4.78 is 0. The number of amides is 1. The number of rotatable bonds is 8. The molecule has 0 aliphatic heterocycles. The van der Waals surface area contributed by atoms with E-state index in [2.05, 4.69) is 5.32 Å². The maximum absolute atomic E-state index is 11.9. The van der Waals surface area contributed by atoms with Crippen LogP contribution in [0.5, 0.6) is 0 Å². The average molecular weight is 313 g/mol. The molecule has 1 aromatic rings. The second kappa shape index (κ2) is 8.92. The number of thioether (sulfide) groups is 2. The third kappa shape index (κ3) is 6.34. The Labute approximate surface area is 127 Å². The van der Waals surface area contributed by atoms with Crippen molar-refractivity contribution in [2.24, 2.45) is 5.92 Å². The number of anilines is 1. The number of aliphatic carboxylic acids is 1. The van der Waals surface area contributed by atoms with Gasteiger partial charge in [0.2, 0.25) is 5.91 Å². The Kier molecular flexibility index (Phi) is 7.54. The van der Waals surface area contributed by atoms with Crippen molar-refractivity contribution in [3.63, 3.8) is 0 Å². The zero-order valence-corrected chi connectivity index (χ0v) is 13.2. The predicted molar refractivity (Wildman–Crippen MR) is 86.4 cm³/mol. The van der Waals surface area contributed by atoms with E-state index in [0.29, 0.717) is 5.75 Å². The second-order valence-electron chi connectivity index (χ2n) is 4.43. The van der Waals surface area contributed by atoms with E-state index in [-0.39, 0.29) is 17.6 Å². The van der Waals surface area contributed by atoms with Crippen LogP contribution < -0.4 is 5.32 Å². The summed E-state index contributed by atoms with van der Waals surface area (Å²) in [5, 5.41) is 11.5. The van der Waals surface area contributed by atoms with Gasteiger partial charge < -0.3 is 10.4 Å². The highest BCUT2D eigenvalue weighted by molar-refractivity contribution is 7.99. The summed E-state index contributed by atoms with van der Waals surface area (Å²) in [4.78, 5) is 22.4. The number of carboxylic acid groups (broad SMARTS) is 1. The van der Waals surface area contributed by atoms with Crippen molar-refractivity contribution in [1.82, 2.24) is 0 Å². The lowest BCUT2D eigenvalue weighted by atomic mass is 10.2. The topological polar surface area (TPSA) is 66.4 Å². The average Bonchev–Trinajstić information content (AvgIpc) is 2.39. The third-order valence-corrected chi connectivity index (χ3v) is 4.37. The van der Waals surface area contributed by atoms with E-state index in [4.69, 9.17) is 5.11 Å². The molecule has 1 rings (SSSR count). The fourth-order valence-electron chi connectivity index (χ4n) is 1.59. The van der Waals surface area contributed by atoms with Crippen LogP contribution >= 0.6 is 23.5 Å². The van der Waals surface area contributed by atoms with Crippen LogP contribution in [0.15, 0.2) is 24.3 Å². The second-order valence-corrected chi connectivity index (χ2v) is 6.33. The lowest BCUT2D eigenvalue weighted by Crippen LogP contribution is -2.22. The molecule has 1 atom stereocenters. The Morgan fingerprint density at radius 1 is 1.40 bits per heavy atom. The molecule has 0 aromatic heterocycles. The lowest BCUT2D eigenvalue weighted by Gasteiger charge is -2.11. The largest absolute Gasteiger partial charge is 0.481 e. The Morgan fingerprint density at radius 3 is 2.80 bits per heavy atom. The van der Waals surface area contributed by atoms with E-state index in [9.17, 15) is 9.59 Å². The Hall–Kier alpha value is -1.14. The summed E-state index contributed by atoms with van der Waals surface area (Å²) in [7, 11) is 0. The quantitative estimate of drug-likeness (QED) is 0.772. The van der Waals surface area contributed by atoms with Gasteiger partial charge >= 0.3 is 5.97 Å². The van der Waals surface area contributed by atoms with Crippen molar-refractivity contribution in [1.29, 1.82) is 0 Å². The van der Waals surface area contributed by atoms with Gasteiger partial charge in [-0.25, -0.2) is 0 Å². The van der Waals surface area contributed by atoms with Crippen LogP contribution in [0.25, 0.3) is 0 Å². The molecule has 1 unspecified atom stereocenters. The molecule has 0 aliphatic rings. The van der Waals surface area contributed by atoms with Gasteiger partial charge in [-0.1, -0.05) is 19.1 Å². The summed E-state index contributed by atoms with van der Waals surface area (Å²) in [6, 6.07) is 7.52. The number of benzene rings is 1. The highest BCUT2D eigenvalue weighted by Gasteiger charge is 2.12. The summed E-state index contributed by atoms with van der Waals surface area (Å²) in [6.45, 7) is 1.90. The van der Waals surface area contributed by atoms with Crippen molar-refractivity contribution in [3.05, 3.63) is 29.8 Å². The van der Waals surface area contributed by atoms with Crippen LogP contribution in [0.1, 0.15) is 12.5 Å². The van der Waals surface area contributed by atoms with Crippen molar-refractivity contribution >= 4 is 41.1 Å². The molecule has 0 aliphatic carbocycles. The van der Waals surface area contributed by atoms with Gasteiger partial charge in [-0.05, 0) is 24.0 Å². The minimum atomic E-state index is -0.814. The van der Waals surface area contributed by atoms with Gasteiger partial charge in [0, 0.05) is 23.1 Å². The zero-order valence-electron chi connectivity index (χ0n) is 11.6. The van der Waals surface area contributed by atoms with Gasteiger partial charge in [-0.15, -0.1) is 11.8 Å². The number of carbonyl (C=O) groups is 2. The highest BCUT2D eigenvalue weighted by Crippen LogP contribution is 2.17. The van der Waals surface area contributed by atoms with Crippen LogP contribution in [0.2, 0.25) is 0 Å². The van der Waals surface area contributed by atoms with Gasteiger partial charge in [0.25, 0.3) is 0 Å². The summed E-state index contributed by atoms with van der Waals surface area (Å²) in [5.74, 6) is 0.660. The van der Waals surface area contributed by atoms with E-state index >= 15 is 0 Å². The number of carboxylic acids is 1. The SMILES string of the molecule is CSCC(C)C(=O)Nc1cccc(CSCC(=O)O)c1. The van der Waals surface area contributed by atoms with Crippen LogP contribution in [0, 0.1) is 5.92 Å². The molecular formula is C14H19NO3S2. The van der Waals surface area contributed by atoms with E-state index in [1.165, 1.54) is 11.8 Å². The molecule has 1 amide bonds. The molecule has 0 fully saturated rings. The van der Waals surface area contributed by atoms with Gasteiger partial charge in [0.05, 0.1) is 5.75 Å². The van der Waals surface area contributed by atoms with E-state index in [1.807, 2.05) is 37.4 Å². The van der Waals surface area contributed by atoms with Crippen LogP contribution in [0.4, 0.5) is 5.69 Å². The van der Waals surface area contributed by atoms with E-state index in [0.717, 1.165) is 17.0 Å². The molecule has 0 bridgehead atoms. The molecule has 20 heavy (non-hydrogen) atoms. The highest BCUT2D eigenvalue weighted by atomic mass is 32.2. The summed E-state index contributed by atoms with van der Waals surface area (Å²) in [5.41, 5.74) is 1.77. The first-order valence-corrected chi connectivity index (χ1v) is 8.76. The van der Waals surface area contributed by atoms with Gasteiger partial charge in [-0.3, -0.25) is 9.59 Å². The maximum Gasteiger partial charge on any atom is 0.313 e. The first-order valence-electron chi connectivity index (χ1n) is 6.21. The number of carbonyl (C=O) groups excluding carboxylic acids is 1. The fourth-order valence-corrected chi connectivity index (χ4v) is 2.93. The molecule has 0 radical (unpaired) electrons. The van der Waals surface area contributed by atoms with Crippen LogP contribution in [0.3, 0.4) is 0 Å². The predicted octanol–water partition coefficient (Wildman–Crippen LogP) is 2.94. The smallest absolute Gasteiger partial charge is 0.313 e. The van der Waals surface area contributed by atoms with E-state index < -0.39 is 5.97 Å². The molecule has 110 valence electrons. The van der Waals surface area contributed by atoms with Crippen LogP contribution in [-0.4, -0.2) is 34.7 Å². The number of hydrogen-bond acceptors (Lipinski definition) is 4. The third-order valence-electron chi connectivity index (χ3n) is 2.55.